The number of fused-ring (bicyclic) bond motifs is 1. The summed E-state index contributed by atoms with van der Waals surface area (Å²) in [7, 11) is 0. The third kappa shape index (κ3) is 1.28. The SMILES string of the molecule is [N-]=[N+]=NC1(N=[N+]=[N-])Cc2ccccc2C1=O. The zero-order valence-corrected chi connectivity index (χ0v) is 8.11. The van der Waals surface area contributed by atoms with Crippen LogP contribution in [0.15, 0.2) is 34.5 Å². The Morgan fingerprint density at radius 3 is 2.38 bits per heavy atom. The Hall–Kier alpha value is -2.49. The van der Waals surface area contributed by atoms with Crippen molar-refractivity contribution < 1.29 is 4.79 Å². The molecule has 7 nitrogen and oxygen atoms in total. The van der Waals surface area contributed by atoms with Crippen LogP contribution in [0.1, 0.15) is 15.9 Å². The van der Waals surface area contributed by atoms with E-state index in [1.807, 2.05) is 0 Å². The molecule has 0 saturated carbocycles. The number of azide groups is 1. The third-order valence-corrected chi connectivity index (χ3v) is 2.48. The minimum Gasteiger partial charge on any atom is -0.293 e. The van der Waals surface area contributed by atoms with Crippen LogP contribution in [-0.2, 0) is 6.42 Å². The molecule has 0 aromatic heterocycles. The highest BCUT2D eigenvalue weighted by Gasteiger charge is 2.44. The van der Waals surface area contributed by atoms with Gasteiger partial charge < -0.3 is 0 Å². The van der Waals surface area contributed by atoms with Crippen LogP contribution in [0.5, 0.6) is 0 Å². The molecular weight excluding hydrogens is 208 g/mol. The first-order chi connectivity index (χ1) is 7.73. The Balaban J connectivity index is 2.61. The number of carbonyl (C=O) groups excluding carboxylic acids is 1. The summed E-state index contributed by atoms with van der Waals surface area (Å²) >= 11 is 0. The van der Waals surface area contributed by atoms with E-state index in [2.05, 4.69) is 20.1 Å². The Morgan fingerprint density at radius 2 is 1.81 bits per heavy atom. The van der Waals surface area contributed by atoms with Gasteiger partial charge in [0, 0.05) is 15.4 Å². The van der Waals surface area contributed by atoms with Gasteiger partial charge in [-0.1, -0.05) is 34.5 Å². The summed E-state index contributed by atoms with van der Waals surface area (Å²) in [5.41, 5.74) is 16.4. The lowest BCUT2D eigenvalue weighted by Crippen LogP contribution is -2.30. The van der Waals surface area contributed by atoms with Crippen LogP contribution < -0.4 is 0 Å². The van der Waals surface area contributed by atoms with Gasteiger partial charge in [-0.25, -0.2) is 0 Å². The maximum absolute atomic E-state index is 12.0. The van der Waals surface area contributed by atoms with Crippen LogP contribution >= 0.6 is 0 Å². The molecule has 0 fully saturated rings. The molecule has 0 atom stereocenters. The van der Waals surface area contributed by atoms with Crippen molar-refractivity contribution in [1.29, 1.82) is 0 Å². The topological polar surface area (TPSA) is 115 Å². The normalized spacial score (nSPS) is 21.9. The second-order valence-corrected chi connectivity index (χ2v) is 3.36. The van der Waals surface area contributed by atoms with E-state index < -0.39 is 11.4 Å². The monoisotopic (exact) mass is 214 g/mol. The Bertz CT molecular complexity index is 535. The molecule has 0 saturated heterocycles. The Kier molecular flexibility index (Phi) is 2.25. The second kappa shape index (κ2) is 3.58. The number of rotatable bonds is 2. The van der Waals surface area contributed by atoms with Gasteiger partial charge in [-0.15, -0.1) is 0 Å². The van der Waals surface area contributed by atoms with Crippen molar-refractivity contribution in [3.05, 3.63) is 56.3 Å². The minimum atomic E-state index is -1.66. The molecule has 0 spiro atoms. The predicted molar refractivity (Wildman–Crippen MR) is 55.5 cm³/mol. The smallest absolute Gasteiger partial charge is 0.193 e. The van der Waals surface area contributed by atoms with Crippen molar-refractivity contribution in [3.8, 4) is 0 Å². The van der Waals surface area contributed by atoms with Crippen LogP contribution in [-0.4, -0.2) is 11.4 Å². The fourth-order valence-corrected chi connectivity index (χ4v) is 1.79. The van der Waals surface area contributed by atoms with E-state index in [4.69, 9.17) is 11.1 Å². The average molecular weight is 214 g/mol. The molecule has 0 heterocycles. The molecule has 0 bridgehead atoms. The lowest BCUT2D eigenvalue weighted by atomic mass is 10.1. The number of Topliss-reactive ketones (excluding diaryl/α,β-unsaturated/α-hetero) is 1. The Labute approximate surface area is 89.9 Å². The number of hydrogen-bond acceptors (Lipinski definition) is 3. The van der Waals surface area contributed by atoms with Crippen LogP contribution in [0.2, 0.25) is 0 Å². The fraction of sp³-hybridized carbons (Fsp3) is 0.222. The lowest BCUT2D eigenvalue weighted by Gasteiger charge is -2.12. The van der Waals surface area contributed by atoms with Gasteiger partial charge in [0.1, 0.15) is 0 Å². The predicted octanol–water partition coefficient (Wildman–Crippen LogP) is 2.74. The van der Waals surface area contributed by atoms with Crippen molar-refractivity contribution in [2.24, 2.45) is 10.2 Å². The summed E-state index contributed by atoms with van der Waals surface area (Å²) in [6.07, 6.45) is 0.121. The van der Waals surface area contributed by atoms with Crippen molar-refractivity contribution in [2.45, 2.75) is 12.1 Å². The molecule has 78 valence electrons. The van der Waals surface area contributed by atoms with Gasteiger partial charge in [0.15, 0.2) is 11.4 Å². The summed E-state index contributed by atoms with van der Waals surface area (Å²) in [6, 6.07) is 6.85. The molecule has 7 heteroatoms. The summed E-state index contributed by atoms with van der Waals surface area (Å²) in [5.74, 6) is -0.446. The van der Waals surface area contributed by atoms with E-state index >= 15 is 0 Å². The number of carbonyl (C=O) groups is 1. The molecule has 0 N–H and O–H groups in total. The van der Waals surface area contributed by atoms with E-state index in [9.17, 15) is 4.79 Å². The lowest BCUT2D eigenvalue weighted by molar-refractivity contribution is 0.0912. The molecular formula is C9H6N6O. The maximum Gasteiger partial charge on any atom is 0.193 e. The van der Waals surface area contributed by atoms with E-state index in [1.165, 1.54) is 0 Å². The number of hydrogen-bond donors (Lipinski definition) is 0. The van der Waals surface area contributed by atoms with Crippen molar-refractivity contribution in [2.75, 3.05) is 0 Å². The first-order valence-electron chi connectivity index (χ1n) is 4.49. The summed E-state index contributed by atoms with van der Waals surface area (Å²) in [6.45, 7) is 0. The largest absolute Gasteiger partial charge is 0.293 e. The highest BCUT2D eigenvalue weighted by molar-refractivity contribution is 6.07. The van der Waals surface area contributed by atoms with Gasteiger partial charge in [-0.3, -0.25) is 4.79 Å². The third-order valence-electron chi connectivity index (χ3n) is 2.48. The van der Waals surface area contributed by atoms with E-state index in [0.717, 1.165) is 5.56 Å². The highest BCUT2D eigenvalue weighted by Crippen LogP contribution is 2.34. The standard InChI is InChI=1S/C9H6N6O/c10-14-12-9(13-15-11)5-6-3-1-2-4-7(6)8(9)16/h1-4H,5H2. The molecule has 16 heavy (non-hydrogen) atoms. The number of benzene rings is 1. The average Bonchev–Trinajstić information content (AvgIpc) is 2.54. The van der Waals surface area contributed by atoms with Gasteiger partial charge in [0.2, 0.25) is 0 Å². The van der Waals surface area contributed by atoms with Gasteiger partial charge in [0.25, 0.3) is 0 Å². The second-order valence-electron chi connectivity index (χ2n) is 3.36. The fourth-order valence-electron chi connectivity index (χ4n) is 1.79. The van der Waals surface area contributed by atoms with Gasteiger partial charge in [0.05, 0.1) is 0 Å². The van der Waals surface area contributed by atoms with E-state index in [1.54, 1.807) is 24.3 Å². The number of ketones is 1. The summed E-state index contributed by atoms with van der Waals surface area (Å²) < 4.78 is 0. The molecule has 1 aliphatic rings. The zero-order chi connectivity index (χ0) is 11.6. The molecule has 2 rings (SSSR count). The van der Waals surface area contributed by atoms with Crippen LogP contribution in [0.3, 0.4) is 0 Å². The molecule has 0 aliphatic heterocycles. The van der Waals surface area contributed by atoms with Crippen molar-refractivity contribution >= 4 is 5.78 Å². The first-order valence-corrected chi connectivity index (χ1v) is 4.49. The van der Waals surface area contributed by atoms with Crippen LogP contribution in [0.25, 0.3) is 20.9 Å². The van der Waals surface area contributed by atoms with E-state index in [0.29, 0.717) is 5.56 Å². The highest BCUT2D eigenvalue weighted by atomic mass is 16.1. The molecule has 0 radical (unpaired) electrons. The van der Waals surface area contributed by atoms with Gasteiger partial charge in [-0.05, 0) is 23.0 Å². The zero-order valence-electron chi connectivity index (χ0n) is 8.11. The van der Waals surface area contributed by atoms with Gasteiger partial charge >= 0.3 is 0 Å². The van der Waals surface area contributed by atoms with Crippen molar-refractivity contribution in [3.63, 3.8) is 0 Å². The molecule has 0 amide bonds. The van der Waals surface area contributed by atoms with Crippen LogP contribution in [0.4, 0.5) is 0 Å². The Morgan fingerprint density at radius 1 is 1.19 bits per heavy atom. The van der Waals surface area contributed by atoms with Crippen LogP contribution in [0, 0.1) is 0 Å². The summed E-state index contributed by atoms with van der Waals surface area (Å²) in [4.78, 5) is 17.1. The van der Waals surface area contributed by atoms with Crippen molar-refractivity contribution in [1.82, 2.24) is 0 Å². The molecule has 1 aromatic rings. The molecule has 0 unspecified atom stereocenters. The quantitative estimate of drug-likeness (QED) is 0.420. The molecule has 1 aliphatic carbocycles. The summed E-state index contributed by atoms with van der Waals surface area (Å²) in [5, 5.41) is 6.70. The number of nitrogens with zero attached hydrogens (tertiary/aromatic N) is 6. The minimum absolute atomic E-state index is 0.121. The van der Waals surface area contributed by atoms with E-state index in [-0.39, 0.29) is 6.42 Å². The maximum atomic E-state index is 12.0. The first kappa shape index (κ1) is 10.0. The molecule has 1 aromatic carbocycles. The van der Waals surface area contributed by atoms with Gasteiger partial charge in [-0.2, -0.15) is 0 Å².